The quantitative estimate of drug-likeness (QED) is 0.576. The van der Waals surface area contributed by atoms with Crippen LogP contribution in [-0.2, 0) is 0 Å². The standard InChI is InChI=1S/C9H7B3ClN3/c1-3(2)4-6(13)5(10)8-14-9(12)15-16(8)7(4)11/h3H,1-2H3. The first-order valence-electron chi connectivity index (χ1n) is 4.82. The monoisotopic (exact) mass is 225 g/mol. The number of hydrogen-bond acceptors (Lipinski definition) is 2. The Kier molecular flexibility index (Phi) is 2.78. The normalized spacial score (nSPS) is 11.5. The van der Waals surface area contributed by atoms with Gasteiger partial charge >= 0.3 is 0 Å². The largest absolute Gasteiger partial charge is 0.230 e. The van der Waals surface area contributed by atoms with Crippen molar-refractivity contribution in [2.45, 2.75) is 19.8 Å². The highest BCUT2D eigenvalue weighted by Gasteiger charge is 2.16. The lowest BCUT2D eigenvalue weighted by atomic mass is 9.85. The fourth-order valence-corrected chi connectivity index (χ4v) is 2.09. The molecule has 0 spiro atoms. The van der Waals surface area contributed by atoms with E-state index in [0.717, 1.165) is 5.56 Å². The van der Waals surface area contributed by atoms with Gasteiger partial charge in [0.05, 0.1) is 5.72 Å². The van der Waals surface area contributed by atoms with Crippen LogP contribution < -0.4 is 16.8 Å². The maximum Gasteiger partial charge on any atom is 0.173 e. The second-order valence-corrected chi connectivity index (χ2v) is 4.26. The zero-order valence-corrected chi connectivity index (χ0v) is 9.78. The molecule has 3 nitrogen and oxygen atoms in total. The van der Waals surface area contributed by atoms with Gasteiger partial charge in [0.25, 0.3) is 0 Å². The van der Waals surface area contributed by atoms with Crippen LogP contribution in [0, 0.1) is 0 Å². The third kappa shape index (κ3) is 1.56. The summed E-state index contributed by atoms with van der Waals surface area (Å²) in [4.78, 5) is 3.97. The highest BCUT2D eigenvalue weighted by Crippen LogP contribution is 2.20. The van der Waals surface area contributed by atoms with Crippen molar-refractivity contribution in [1.82, 2.24) is 14.6 Å². The molecule has 74 valence electrons. The molecule has 0 atom stereocenters. The van der Waals surface area contributed by atoms with Crippen LogP contribution in [0.1, 0.15) is 25.3 Å². The molecule has 0 aliphatic heterocycles. The van der Waals surface area contributed by atoms with E-state index in [1.807, 2.05) is 13.8 Å². The highest BCUT2D eigenvalue weighted by atomic mass is 35.5. The van der Waals surface area contributed by atoms with Gasteiger partial charge in [0.1, 0.15) is 21.3 Å². The van der Waals surface area contributed by atoms with Crippen LogP contribution in [0.3, 0.4) is 0 Å². The molecule has 0 N–H and O–H groups in total. The van der Waals surface area contributed by atoms with Crippen LogP contribution in [-0.4, -0.2) is 38.1 Å². The van der Waals surface area contributed by atoms with Crippen molar-refractivity contribution in [1.29, 1.82) is 0 Å². The number of hydrogen-bond donors (Lipinski definition) is 0. The summed E-state index contributed by atoms with van der Waals surface area (Å²) in [5, 5.41) is 4.40. The van der Waals surface area contributed by atoms with Crippen molar-refractivity contribution in [3.63, 3.8) is 0 Å². The van der Waals surface area contributed by atoms with Crippen molar-refractivity contribution in [2.75, 3.05) is 0 Å². The van der Waals surface area contributed by atoms with Crippen LogP contribution in [0.2, 0.25) is 5.02 Å². The van der Waals surface area contributed by atoms with E-state index in [0.29, 0.717) is 21.7 Å². The van der Waals surface area contributed by atoms with Crippen molar-refractivity contribution in [3.05, 3.63) is 10.6 Å². The van der Waals surface area contributed by atoms with E-state index >= 15 is 0 Å². The number of rotatable bonds is 1. The molecule has 0 saturated carbocycles. The smallest absolute Gasteiger partial charge is 0.173 e. The first kappa shape index (κ1) is 11.6. The lowest BCUT2D eigenvalue weighted by Crippen LogP contribution is -2.28. The molecule has 0 unspecified atom stereocenters. The first-order chi connectivity index (χ1) is 7.43. The number of halogens is 1. The van der Waals surface area contributed by atoms with Gasteiger partial charge in [0.2, 0.25) is 0 Å². The van der Waals surface area contributed by atoms with Crippen LogP contribution in [0.25, 0.3) is 5.65 Å². The van der Waals surface area contributed by atoms with E-state index in [9.17, 15) is 0 Å². The molecule has 0 aliphatic carbocycles. The summed E-state index contributed by atoms with van der Waals surface area (Å²) in [5.74, 6) is 0.143. The van der Waals surface area contributed by atoms with E-state index in [4.69, 9.17) is 35.1 Å². The average Bonchev–Trinajstić information content (AvgIpc) is 2.57. The van der Waals surface area contributed by atoms with Crippen molar-refractivity contribution in [3.8, 4) is 0 Å². The van der Waals surface area contributed by atoms with Gasteiger partial charge in [-0.1, -0.05) is 25.4 Å². The van der Waals surface area contributed by atoms with E-state index in [1.54, 1.807) is 0 Å². The minimum atomic E-state index is 0.121. The van der Waals surface area contributed by atoms with Gasteiger partial charge in [-0.2, -0.15) is 5.10 Å². The molecular weight excluding hydrogens is 218 g/mol. The lowest BCUT2D eigenvalue weighted by molar-refractivity contribution is 0.856. The molecule has 2 rings (SSSR count). The van der Waals surface area contributed by atoms with E-state index < -0.39 is 0 Å². The van der Waals surface area contributed by atoms with Crippen molar-refractivity contribution >= 4 is 57.6 Å². The third-order valence-corrected chi connectivity index (χ3v) is 2.83. The Morgan fingerprint density at radius 3 is 2.44 bits per heavy atom. The lowest BCUT2D eigenvalue weighted by Gasteiger charge is -2.16. The molecule has 0 fully saturated rings. The molecule has 0 amide bonds. The maximum atomic E-state index is 6.15. The van der Waals surface area contributed by atoms with E-state index in [-0.39, 0.29) is 11.6 Å². The van der Waals surface area contributed by atoms with Gasteiger partial charge < -0.3 is 0 Å². The molecule has 0 aliphatic rings. The molecule has 16 heavy (non-hydrogen) atoms. The fraction of sp³-hybridized carbons (Fsp3) is 0.333. The topological polar surface area (TPSA) is 30.2 Å². The summed E-state index contributed by atoms with van der Waals surface area (Å²) in [7, 11) is 17.3. The van der Waals surface area contributed by atoms with Gasteiger partial charge in [-0.25, -0.2) is 9.50 Å². The fourth-order valence-electron chi connectivity index (χ4n) is 1.69. The van der Waals surface area contributed by atoms with Crippen LogP contribution >= 0.6 is 11.6 Å². The zero-order valence-electron chi connectivity index (χ0n) is 9.03. The Morgan fingerprint density at radius 1 is 1.25 bits per heavy atom. The zero-order chi connectivity index (χ0) is 12.0. The van der Waals surface area contributed by atoms with Crippen LogP contribution in [0.4, 0.5) is 0 Å². The average molecular weight is 225 g/mol. The van der Waals surface area contributed by atoms with Gasteiger partial charge in [-0.3, -0.25) is 0 Å². The summed E-state index contributed by atoms with van der Waals surface area (Å²) in [6.45, 7) is 3.95. The number of nitrogens with zero attached hydrogens (tertiary/aromatic N) is 3. The number of pyridine rings is 1. The number of aromatic nitrogens is 3. The molecule has 0 saturated heterocycles. The molecule has 7 heteroatoms. The first-order valence-corrected chi connectivity index (χ1v) is 5.19. The van der Waals surface area contributed by atoms with E-state index in [2.05, 4.69) is 10.1 Å². The van der Waals surface area contributed by atoms with Gasteiger partial charge in [0, 0.05) is 5.02 Å². The second-order valence-electron chi connectivity index (χ2n) is 3.89. The van der Waals surface area contributed by atoms with Gasteiger partial charge in [-0.15, -0.1) is 0 Å². The number of fused-ring (bicyclic) bond motifs is 1. The maximum absolute atomic E-state index is 6.15. The Balaban J connectivity index is 2.93. The summed E-state index contributed by atoms with van der Waals surface area (Å²) >= 11 is 6.15. The molecule has 0 bridgehead atoms. The molecular formula is C9H7B3ClN3. The van der Waals surface area contributed by atoms with Crippen molar-refractivity contribution < 1.29 is 0 Å². The summed E-state index contributed by atoms with van der Waals surface area (Å²) in [5.41, 5.74) is 2.05. The second kappa shape index (κ2) is 3.84. The molecule has 2 heterocycles. The van der Waals surface area contributed by atoms with Crippen LogP contribution in [0.5, 0.6) is 0 Å². The Labute approximate surface area is 103 Å². The minimum absolute atomic E-state index is 0.121. The summed E-state index contributed by atoms with van der Waals surface area (Å²) in [6.07, 6.45) is 0. The predicted molar refractivity (Wildman–Crippen MR) is 68.2 cm³/mol. The Hall–Kier alpha value is -0.895. The van der Waals surface area contributed by atoms with Gasteiger partial charge in [0.15, 0.2) is 7.85 Å². The Morgan fingerprint density at radius 2 is 1.88 bits per heavy atom. The van der Waals surface area contributed by atoms with E-state index in [1.165, 1.54) is 4.52 Å². The Bertz CT molecular complexity index is 565. The highest BCUT2D eigenvalue weighted by molar-refractivity contribution is 6.50. The van der Waals surface area contributed by atoms with Crippen LogP contribution in [0.15, 0.2) is 0 Å². The van der Waals surface area contributed by atoms with Crippen molar-refractivity contribution in [2.24, 2.45) is 0 Å². The minimum Gasteiger partial charge on any atom is -0.230 e. The molecule has 2 aromatic heterocycles. The summed E-state index contributed by atoms with van der Waals surface area (Å²) in [6, 6.07) is 0. The molecule has 0 aromatic carbocycles. The molecule has 2 aromatic rings. The third-order valence-electron chi connectivity index (χ3n) is 2.42. The predicted octanol–water partition coefficient (Wildman–Crippen LogP) is -1.11. The summed E-state index contributed by atoms with van der Waals surface area (Å²) < 4.78 is 1.42. The molecule has 6 radical (unpaired) electrons. The SMILES string of the molecule is [B]c1nc2c([B])c(Cl)c(C(C)C)c([B])n2n1. The van der Waals surface area contributed by atoms with Gasteiger partial charge in [-0.05, 0) is 22.5 Å².